The summed E-state index contributed by atoms with van der Waals surface area (Å²) >= 11 is 3.19. The molecule has 0 atom stereocenters. The summed E-state index contributed by atoms with van der Waals surface area (Å²) in [6.45, 7) is 5.43. The van der Waals surface area contributed by atoms with Crippen LogP contribution < -0.4 is 0 Å². The van der Waals surface area contributed by atoms with E-state index in [1.54, 1.807) is 32.9 Å². The third-order valence-corrected chi connectivity index (χ3v) is 3.99. The Balaban J connectivity index is 2.46. The van der Waals surface area contributed by atoms with Gasteiger partial charge in [-0.05, 0) is 60.5 Å². The van der Waals surface area contributed by atoms with Gasteiger partial charge >= 0.3 is 5.97 Å². The largest absolute Gasteiger partial charge is 0.507 e. The molecule has 0 bridgehead atoms. The van der Waals surface area contributed by atoms with Gasteiger partial charge in [-0.15, -0.1) is 0 Å². The minimum absolute atomic E-state index is 0.0614. The van der Waals surface area contributed by atoms with Crippen molar-refractivity contribution in [2.75, 3.05) is 6.61 Å². The van der Waals surface area contributed by atoms with Gasteiger partial charge in [0.15, 0.2) is 5.78 Å². The molecule has 0 aliphatic rings. The molecule has 0 amide bonds. The summed E-state index contributed by atoms with van der Waals surface area (Å²) in [6.07, 6.45) is 0. The summed E-state index contributed by atoms with van der Waals surface area (Å²) in [7, 11) is 0. The number of rotatable bonds is 4. The minimum atomic E-state index is -0.478. The van der Waals surface area contributed by atoms with Crippen molar-refractivity contribution in [3.05, 3.63) is 50.8 Å². The molecule has 0 spiro atoms. The maximum atomic E-state index is 12.7. The number of esters is 1. The van der Waals surface area contributed by atoms with E-state index in [0.29, 0.717) is 32.6 Å². The highest BCUT2D eigenvalue weighted by Gasteiger charge is 2.23. The monoisotopic (exact) mass is 365 g/mol. The first-order chi connectivity index (χ1) is 10.4. The molecule has 116 valence electrons. The Morgan fingerprint density at radius 1 is 1.32 bits per heavy atom. The van der Waals surface area contributed by atoms with Gasteiger partial charge in [0, 0.05) is 16.8 Å². The summed E-state index contributed by atoms with van der Waals surface area (Å²) < 4.78 is 5.41. The van der Waals surface area contributed by atoms with Crippen molar-refractivity contribution in [2.24, 2.45) is 0 Å². The number of aromatic nitrogens is 1. The van der Waals surface area contributed by atoms with Crippen LogP contribution in [0.3, 0.4) is 0 Å². The van der Waals surface area contributed by atoms with Crippen LogP contribution in [0.4, 0.5) is 0 Å². The van der Waals surface area contributed by atoms with Crippen LogP contribution in [0.25, 0.3) is 0 Å². The lowest BCUT2D eigenvalue weighted by Crippen LogP contribution is -2.08. The molecule has 0 saturated carbocycles. The smallest absolute Gasteiger partial charge is 0.355 e. The number of ether oxygens (including phenoxy) is 1. The summed E-state index contributed by atoms with van der Waals surface area (Å²) in [4.78, 5) is 27.5. The zero-order valence-electron chi connectivity index (χ0n) is 12.5. The second-order valence-electron chi connectivity index (χ2n) is 4.84. The summed E-state index contributed by atoms with van der Waals surface area (Å²) in [6, 6.07) is 4.53. The number of aromatic hydroxyl groups is 1. The highest BCUT2D eigenvalue weighted by atomic mass is 79.9. The molecule has 1 aromatic carbocycles. The van der Waals surface area contributed by atoms with Crippen LogP contribution in [-0.2, 0) is 4.74 Å². The Bertz CT molecular complexity index is 749. The normalized spacial score (nSPS) is 10.5. The van der Waals surface area contributed by atoms with Crippen LogP contribution in [0.2, 0.25) is 0 Å². The Labute approximate surface area is 136 Å². The van der Waals surface area contributed by atoms with Gasteiger partial charge in [0.25, 0.3) is 0 Å². The van der Waals surface area contributed by atoms with Crippen LogP contribution in [-0.4, -0.2) is 28.4 Å². The lowest BCUT2D eigenvalue weighted by Gasteiger charge is -2.05. The number of H-pyrrole nitrogens is 1. The molecule has 0 aliphatic heterocycles. The Morgan fingerprint density at radius 3 is 2.59 bits per heavy atom. The summed E-state index contributed by atoms with van der Waals surface area (Å²) in [5.74, 6) is -0.636. The lowest BCUT2D eigenvalue weighted by atomic mass is 9.99. The first kappa shape index (κ1) is 16.3. The lowest BCUT2D eigenvalue weighted by molar-refractivity contribution is 0.0519. The number of hydrogen-bond acceptors (Lipinski definition) is 4. The fourth-order valence-corrected chi connectivity index (χ4v) is 2.67. The predicted octanol–water partition coefficient (Wildman–Crippen LogP) is 3.51. The molecule has 0 fully saturated rings. The number of aromatic amines is 1. The van der Waals surface area contributed by atoms with Gasteiger partial charge in [0.2, 0.25) is 0 Å². The van der Waals surface area contributed by atoms with E-state index >= 15 is 0 Å². The topological polar surface area (TPSA) is 79.4 Å². The highest BCUT2D eigenvalue weighted by molar-refractivity contribution is 9.10. The fraction of sp³-hybridized carbons (Fsp3) is 0.250. The first-order valence-electron chi connectivity index (χ1n) is 6.76. The van der Waals surface area contributed by atoms with Crippen molar-refractivity contribution in [3.8, 4) is 5.75 Å². The van der Waals surface area contributed by atoms with Crippen molar-refractivity contribution < 1.29 is 19.4 Å². The predicted molar refractivity (Wildman–Crippen MR) is 85.5 cm³/mol. The molecular formula is C16H16BrNO4. The molecule has 2 rings (SSSR count). The number of ketones is 1. The van der Waals surface area contributed by atoms with Crippen molar-refractivity contribution in [1.29, 1.82) is 0 Å². The second-order valence-corrected chi connectivity index (χ2v) is 5.70. The van der Waals surface area contributed by atoms with Gasteiger partial charge < -0.3 is 14.8 Å². The van der Waals surface area contributed by atoms with Gasteiger partial charge in [-0.25, -0.2) is 4.79 Å². The first-order valence-corrected chi connectivity index (χ1v) is 7.55. The molecule has 2 N–H and O–H groups in total. The van der Waals surface area contributed by atoms with Gasteiger partial charge in [0.05, 0.1) is 11.1 Å². The van der Waals surface area contributed by atoms with Gasteiger partial charge in [-0.1, -0.05) is 0 Å². The number of hydrogen-bond donors (Lipinski definition) is 2. The number of aryl methyl sites for hydroxylation is 1. The molecule has 5 nitrogen and oxygen atoms in total. The second kappa shape index (κ2) is 6.36. The van der Waals surface area contributed by atoms with Crippen molar-refractivity contribution in [3.63, 3.8) is 0 Å². The fourth-order valence-electron chi connectivity index (χ4n) is 2.29. The average molecular weight is 366 g/mol. The van der Waals surface area contributed by atoms with Gasteiger partial charge in [0.1, 0.15) is 11.4 Å². The quantitative estimate of drug-likeness (QED) is 0.641. The maximum absolute atomic E-state index is 12.7. The summed E-state index contributed by atoms with van der Waals surface area (Å²) in [5, 5.41) is 9.52. The Kier molecular flexibility index (Phi) is 4.71. The van der Waals surface area contributed by atoms with E-state index in [1.807, 2.05) is 0 Å². The standard InChI is InChI=1S/C16H16BrNO4/c1-4-22-16(21)14-8(2)13(9(3)18-14)15(20)10-5-6-12(19)11(17)7-10/h5-7,18-19H,4H2,1-3H3. The van der Waals surface area contributed by atoms with Gasteiger partial charge in [-0.3, -0.25) is 4.79 Å². The van der Waals surface area contributed by atoms with Crippen LogP contribution >= 0.6 is 15.9 Å². The number of phenols is 1. The zero-order chi connectivity index (χ0) is 16.4. The summed E-state index contributed by atoms with van der Waals surface area (Å²) in [5.41, 5.74) is 2.33. The average Bonchev–Trinajstić information content (AvgIpc) is 2.76. The van der Waals surface area contributed by atoms with Crippen molar-refractivity contribution in [1.82, 2.24) is 4.98 Å². The molecule has 2 aromatic rings. The number of halogens is 1. The number of nitrogens with one attached hydrogen (secondary N) is 1. The number of carbonyl (C=O) groups excluding carboxylic acids is 2. The van der Waals surface area contributed by atoms with E-state index in [2.05, 4.69) is 20.9 Å². The van der Waals surface area contributed by atoms with Crippen LogP contribution in [0.1, 0.15) is 44.6 Å². The van der Waals surface area contributed by atoms with E-state index in [4.69, 9.17) is 4.74 Å². The molecule has 1 aromatic heterocycles. The third kappa shape index (κ3) is 2.92. The maximum Gasteiger partial charge on any atom is 0.355 e. The Morgan fingerprint density at radius 2 is 2.00 bits per heavy atom. The molecule has 1 heterocycles. The van der Waals surface area contributed by atoms with Crippen LogP contribution in [0.5, 0.6) is 5.75 Å². The molecule has 6 heteroatoms. The molecule has 0 radical (unpaired) electrons. The van der Waals surface area contributed by atoms with Gasteiger partial charge in [-0.2, -0.15) is 0 Å². The minimum Gasteiger partial charge on any atom is -0.507 e. The molecule has 22 heavy (non-hydrogen) atoms. The van der Waals surface area contributed by atoms with E-state index in [9.17, 15) is 14.7 Å². The molecule has 0 aliphatic carbocycles. The molecule has 0 saturated heterocycles. The highest BCUT2D eigenvalue weighted by Crippen LogP contribution is 2.27. The number of benzene rings is 1. The van der Waals surface area contributed by atoms with Crippen LogP contribution in [0, 0.1) is 13.8 Å². The number of phenolic OH excluding ortho intramolecular Hbond substituents is 1. The van der Waals surface area contributed by atoms with E-state index in [0.717, 1.165) is 0 Å². The van der Waals surface area contributed by atoms with E-state index in [1.165, 1.54) is 6.07 Å². The van der Waals surface area contributed by atoms with Crippen molar-refractivity contribution >= 4 is 27.7 Å². The number of carbonyl (C=O) groups is 2. The molecular weight excluding hydrogens is 350 g/mol. The van der Waals surface area contributed by atoms with Crippen molar-refractivity contribution in [2.45, 2.75) is 20.8 Å². The third-order valence-electron chi connectivity index (χ3n) is 3.35. The van der Waals surface area contributed by atoms with E-state index in [-0.39, 0.29) is 18.1 Å². The SMILES string of the molecule is CCOC(=O)c1[nH]c(C)c(C(=O)c2ccc(O)c(Br)c2)c1C. The van der Waals surface area contributed by atoms with Crippen LogP contribution in [0.15, 0.2) is 22.7 Å². The molecule has 0 unspecified atom stereocenters. The zero-order valence-corrected chi connectivity index (χ0v) is 14.1. The van der Waals surface area contributed by atoms with E-state index < -0.39 is 5.97 Å². The Hall–Kier alpha value is -2.08.